The number of benzene rings is 2. The quantitative estimate of drug-likeness (QED) is 0.895. The molecular formula is C17H21FN2. The van der Waals surface area contributed by atoms with Crippen molar-refractivity contribution in [3.63, 3.8) is 0 Å². The van der Waals surface area contributed by atoms with Gasteiger partial charge in [-0.05, 0) is 44.0 Å². The Labute approximate surface area is 120 Å². The maximum atomic E-state index is 14.0. The maximum absolute atomic E-state index is 14.0. The Balaban J connectivity index is 2.45. The Morgan fingerprint density at radius 3 is 2.25 bits per heavy atom. The molecule has 2 aromatic rings. The third-order valence-electron chi connectivity index (χ3n) is 3.28. The third kappa shape index (κ3) is 3.17. The highest BCUT2D eigenvalue weighted by Gasteiger charge is 2.15. The van der Waals surface area contributed by atoms with Crippen LogP contribution in [0.4, 0.5) is 15.8 Å². The Morgan fingerprint density at radius 2 is 1.65 bits per heavy atom. The molecule has 20 heavy (non-hydrogen) atoms. The van der Waals surface area contributed by atoms with E-state index in [4.69, 9.17) is 5.73 Å². The highest BCUT2D eigenvalue weighted by molar-refractivity contribution is 5.67. The minimum atomic E-state index is -0.204. The van der Waals surface area contributed by atoms with E-state index in [1.807, 2.05) is 49.1 Å². The summed E-state index contributed by atoms with van der Waals surface area (Å²) in [5.74, 6) is -0.204. The number of nitrogens with two attached hydrogens (primary N) is 1. The molecule has 0 aliphatic rings. The summed E-state index contributed by atoms with van der Waals surface area (Å²) >= 11 is 0. The summed E-state index contributed by atoms with van der Waals surface area (Å²) in [7, 11) is 0. The van der Waals surface area contributed by atoms with E-state index >= 15 is 0 Å². The molecule has 1 unspecified atom stereocenters. The molecule has 0 aliphatic heterocycles. The van der Waals surface area contributed by atoms with Gasteiger partial charge in [0.2, 0.25) is 0 Å². The van der Waals surface area contributed by atoms with Crippen LogP contribution in [-0.2, 0) is 6.42 Å². The average molecular weight is 272 g/mol. The number of halogens is 1. The van der Waals surface area contributed by atoms with Crippen LogP contribution in [0, 0.1) is 5.82 Å². The fraction of sp³-hybridized carbons (Fsp3) is 0.294. The van der Waals surface area contributed by atoms with Gasteiger partial charge in [-0.2, -0.15) is 0 Å². The lowest BCUT2D eigenvalue weighted by molar-refractivity contribution is 0.625. The monoisotopic (exact) mass is 272 g/mol. The molecule has 2 rings (SSSR count). The summed E-state index contributed by atoms with van der Waals surface area (Å²) in [5.41, 5.74) is 8.69. The van der Waals surface area contributed by atoms with Crippen molar-refractivity contribution >= 4 is 11.4 Å². The predicted octanol–water partition coefficient (Wildman–Crippen LogP) is 3.87. The molecule has 0 amide bonds. The van der Waals surface area contributed by atoms with Gasteiger partial charge in [-0.3, -0.25) is 0 Å². The standard InChI is InChI=1S/C17H21FN2/c1-3-20(17-11-7-5-9-15(17)18)16-10-6-4-8-14(16)12-13(2)19/h4-11,13H,3,12,19H2,1-2H3. The van der Waals surface area contributed by atoms with Crippen molar-refractivity contribution in [3.8, 4) is 0 Å². The first-order chi connectivity index (χ1) is 9.63. The van der Waals surface area contributed by atoms with Crippen molar-refractivity contribution < 1.29 is 4.39 Å². The largest absolute Gasteiger partial charge is 0.339 e. The van der Waals surface area contributed by atoms with Crippen LogP contribution in [0.5, 0.6) is 0 Å². The Hall–Kier alpha value is -1.87. The van der Waals surface area contributed by atoms with Gasteiger partial charge in [0, 0.05) is 18.3 Å². The highest BCUT2D eigenvalue weighted by Crippen LogP contribution is 2.30. The van der Waals surface area contributed by atoms with Crippen molar-refractivity contribution in [1.29, 1.82) is 0 Å². The van der Waals surface area contributed by atoms with Crippen LogP contribution in [0.15, 0.2) is 48.5 Å². The van der Waals surface area contributed by atoms with Crippen molar-refractivity contribution in [1.82, 2.24) is 0 Å². The minimum Gasteiger partial charge on any atom is -0.339 e. The lowest BCUT2D eigenvalue weighted by Gasteiger charge is -2.26. The van der Waals surface area contributed by atoms with E-state index in [0.29, 0.717) is 12.2 Å². The summed E-state index contributed by atoms with van der Waals surface area (Å²) in [4.78, 5) is 1.99. The number of hydrogen-bond donors (Lipinski definition) is 1. The highest BCUT2D eigenvalue weighted by atomic mass is 19.1. The van der Waals surface area contributed by atoms with Crippen LogP contribution in [0.3, 0.4) is 0 Å². The summed E-state index contributed by atoms with van der Waals surface area (Å²) in [5, 5.41) is 0. The van der Waals surface area contributed by atoms with E-state index in [1.165, 1.54) is 6.07 Å². The normalized spacial score (nSPS) is 12.2. The minimum absolute atomic E-state index is 0.0791. The van der Waals surface area contributed by atoms with Gasteiger partial charge >= 0.3 is 0 Å². The van der Waals surface area contributed by atoms with Gasteiger partial charge in [0.15, 0.2) is 0 Å². The lowest BCUT2D eigenvalue weighted by atomic mass is 10.0. The van der Waals surface area contributed by atoms with Crippen LogP contribution >= 0.6 is 0 Å². The second kappa shape index (κ2) is 6.53. The molecule has 2 nitrogen and oxygen atoms in total. The van der Waals surface area contributed by atoms with Crippen LogP contribution in [-0.4, -0.2) is 12.6 Å². The van der Waals surface area contributed by atoms with E-state index in [0.717, 1.165) is 17.7 Å². The molecule has 2 aromatic carbocycles. The Kier molecular flexibility index (Phi) is 4.74. The molecule has 0 fully saturated rings. The summed E-state index contributed by atoms with van der Waals surface area (Å²) in [6.45, 7) is 4.71. The SMILES string of the molecule is CCN(c1ccccc1F)c1ccccc1CC(C)N. The van der Waals surface area contributed by atoms with Crippen LogP contribution < -0.4 is 10.6 Å². The molecule has 0 saturated carbocycles. The van der Waals surface area contributed by atoms with E-state index < -0.39 is 0 Å². The summed E-state index contributed by atoms with van der Waals surface area (Å²) in [6.07, 6.45) is 0.779. The molecule has 0 spiro atoms. The van der Waals surface area contributed by atoms with E-state index in [9.17, 15) is 4.39 Å². The molecular weight excluding hydrogens is 251 g/mol. The van der Waals surface area contributed by atoms with Gasteiger partial charge in [-0.25, -0.2) is 4.39 Å². The molecule has 2 N–H and O–H groups in total. The molecule has 0 aromatic heterocycles. The van der Waals surface area contributed by atoms with Crippen molar-refractivity contribution in [3.05, 3.63) is 59.9 Å². The van der Waals surface area contributed by atoms with E-state index in [2.05, 4.69) is 6.07 Å². The number of anilines is 2. The van der Waals surface area contributed by atoms with E-state index in [1.54, 1.807) is 6.07 Å². The summed E-state index contributed by atoms with van der Waals surface area (Å²) < 4.78 is 14.0. The zero-order valence-corrected chi connectivity index (χ0v) is 12.0. The third-order valence-corrected chi connectivity index (χ3v) is 3.28. The number of para-hydroxylation sites is 2. The molecule has 0 aliphatic carbocycles. The van der Waals surface area contributed by atoms with Gasteiger partial charge in [0.05, 0.1) is 5.69 Å². The fourth-order valence-electron chi connectivity index (χ4n) is 2.43. The number of rotatable bonds is 5. The van der Waals surface area contributed by atoms with Crippen LogP contribution in [0.25, 0.3) is 0 Å². The van der Waals surface area contributed by atoms with Crippen LogP contribution in [0.2, 0.25) is 0 Å². The molecule has 0 saturated heterocycles. The van der Waals surface area contributed by atoms with E-state index in [-0.39, 0.29) is 11.9 Å². The van der Waals surface area contributed by atoms with Gasteiger partial charge in [0.1, 0.15) is 5.82 Å². The lowest BCUT2D eigenvalue weighted by Crippen LogP contribution is -2.22. The first kappa shape index (κ1) is 14.5. The smallest absolute Gasteiger partial charge is 0.146 e. The molecule has 0 heterocycles. The fourth-order valence-corrected chi connectivity index (χ4v) is 2.43. The first-order valence-electron chi connectivity index (χ1n) is 6.99. The molecule has 3 heteroatoms. The molecule has 106 valence electrons. The Morgan fingerprint density at radius 1 is 1.05 bits per heavy atom. The second-order valence-corrected chi connectivity index (χ2v) is 5.01. The Bertz CT molecular complexity index is 566. The van der Waals surface area contributed by atoms with Crippen LogP contribution in [0.1, 0.15) is 19.4 Å². The molecule has 1 atom stereocenters. The van der Waals surface area contributed by atoms with Gasteiger partial charge < -0.3 is 10.6 Å². The maximum Gasteiger partial charge on any atom is 0.146 e. The zero-order valence-electron chi connectivity index (χ0n) is 12.0. The van der Waals surface area contributed by atoms with Crippen molar-refractivity contribution in [2.75, 3.05) is 11.4 Å². The number of nitrogens with zero attached hydrogens (tertiary/aromatic N) is 1. The molecule has 0 bridgehead atoms. The first-order valence-corrected chi connectivity index (χ1v) is 6.99. The van der Waals surface area contributed by atoms with Crippen molar-refractivity contribution in [2.24, 2.45) is 5.73 Å². The second-order valence-electron chi connectivity index (χ2n) is 5.01. The zero-order chi connectivity index (χ0) is 14.5. The topological polar surface area (TPSA) is 29.3 Å². The molecule has 0 radical (unpaired) electrons. The van der Waals surface area contributed by atoms with Gasteiger partial charge in [0.25, 0.3) is 0 Å². The van der Waals surface area contributed by atoms with Gasteiger partial charge in [-0.1, -0.05) is 30.3 Å². The summed E-state index contributed by atoms with van der Waals surface area (Å²) in [6, 6.07) is 15.0. The predicted molar refractivity (Wildman–Crippen MR) is 82.9 cm³/mol. The number of hydrogen-bond acceptors (Lipinski definition) is 2. The van der Waals surface area contributed by atoms with Gasteiger partial charge in [-0.15, -0.1) is 0 Å². The van der Waals surface area contributed by atoms with Crippen molar-refractivity contribution in [2.45, 2.75) is 26.3 Å². The average Bonchev–Trinajstić information content (AvgIpc) is 2.43.